The first-order chi connectivity index (χ1) is 7.31. The lowest BCUT2D eigenvalue weighted by atomic mass is 10.1. The molecule has 2 aliphatic rings. The zero-order valence-corrected chi connectivity index (χ0v) is 7.88. The topological polar surface area (TPSA) is 71.8 Å². The lowest BCUT2D eigenvalue weighted by Crippen LogP contribution is -2.28. The number of carbonyl (C=O) groups excluding carboxylic acids is 1. The fourth-order valence-electron chi connectivity index (χ4n) is 1.07. The number of epoxide rings is 1. The lowest BCUT2D eigenvalue weighted by Gasteiger charge is -2.23. The number of nitrogens with zero attached hydrogens (tertiary/aromatic N) is 1. The molecule has 0 N–H and O–H groups in total. The second-order valence-corrected chi connectivity index (χ2v) is 3.17. The molecule has 5 nitrogen and oxygen atoms in total. The summed E-state index contributed by atoms with van der Waals surface area (Å²) in [7, 11) is 0. The fraction of sp³-hybridized carbons (Fsp3) is 0.400. The predicted molar refractivity (Wildman–Crippen MR) is 48.4 cm³/mol. The summed E-state index contributed by atoms with van der Waals surface area (Å²) in [6.45, 7) is 0.936. The quantitative estimate of drug-likeness (QED) is 0.376. The van der Waals surface area contributed by atoms with Crippen LogP contribution in [0.3, 0.4) is 0 Å². The van der Waals surface area contributed by atoms with Gasteiger partial charge in [-0.15, -0.1) is 0 Å². The van der Waals surface area contributed by atoms with Gasteiger partial charge >= 0.3 is 5.97 Å². The van der Waals surface area contributed by atoms with Gasteiger partial charge in [-0.2, -0.15) is 5.26 Å². The molecule has 5 heteroatoms. The molecular weight excluding hydrogens is 198 g/mol. The number of hydrogen-bond acceptors (Lipinski definition) is 5. The van der Waals surface area contributed by atoms with E-state index in [9.17, 15) is 4.79 Å². The average molecular weight is 207 g/mol. The van der Waals surface area contributed by atoms with Crippen LogP contribution in [0.4, 0.5) is 0 Å². The van der Waals surface area contributed by atoms with Crippen molar-refractivity contribution in [2.45, 2.75) is 12.2 Å². The van der Waals surface area contributed by atoms with Gasteiger partial charge in [0.25, 0.3) is 0 Å². The van der Waals surface area contributed by atoms with Crippen LogP contribution in [0.2, 0.25) is 0 Å². The molecule has 2 unspecified atom stereocenters. The van der Waals surface area contributed by atoms with Gasteiger partial charge in [0.05, 0.1) is 18.9 Å². The molecule has 0 aliphatic carbocycles. The van der Waals surface area contributed by atoms with E-state index in [1.807, 2.05) is 6.07 Å². The Labute approximate surface area is 86.5 Å². The maximum atomic E-state index is 11.4. The summed E-state index contributed by atoms with van der Waals surface area (Å²) >= 11 is 0. The maximum absolute atomic E-state index is 11.4. The standard InChI is InChI=1S/C10H9NO4/c11-3-1-2-9-8(6-14-9)10(12)15-5-7-4-13-7/h1-2,6-7,9H,4-5H2. The summed E-state index contributed by atoms with van der Waals surface area (Å²) in [5.74, 6) is -0.413. The van der Waals surface area contributed by atoms with Gasteiger partial charge in [0.2, 0.25) is 0 Å². The minimum absolute atomic E-state index is 0.0589. The third-order valence-corrected chi connectivity index (χ3v) is 2.03. The highest BCUT2D eigenvalue weighted by Crippen LogP contribution is 2.21. The normalized spacial score (nSPS) is 27.3. The molecule has 2 heterocycles. The van der Waals surface area contributed by atoms with E-state index in [-0.39, 0.29) is 12.7 Å². The molecule has 0 aromatic carbocycles. The first-order valence-corrected chi connectivity index (χ1v) is 4.52. The molecule has 0 saturated carbocycles. The van der Waals surface area contributed by atoms with Crippen LogP contribution in [0.1, 0.15) is 0 Å². The van der Waals surface area contributed by atoms with Crippen LogP contribution in [0, 0.1) is 11.3 Å². The Bertz CT molecular complexity index is 362. The van der Waals surface area contributed by atoms with E-state index in [1.54, 1.807) is 0 Å². The summed E-state index contributed by atoms with van der Waals surface area (Å²) in [4.78, 5) is 11.4. The predicted octanol–water partition coefficient (Wildman–Crippen LogP) is 0.291. The molecule has 0 aromatic rings. The van der Waals surface area contributed by atoms with Crippen molar-refractivity contribution in [3.8, 4) is 6.07 Å². The summed E-state index contributed by atoms with van der Waals surface area (Å²) in [5.41, 5.74) is 0.433. The summed E-state index contributed by atoms with van der Waals surface area (Å²) < 4.78 is 14.8. The Balaban J connectivity index is 1.80. The van der Waals surface area contributed by atoms with Crippen LogP contribution in [0.5, 0.6) is 0 Å². The minimum atomic E-state index is -0.447. The van der Waals surface area contributed by atoms with Gasteiger partial charge in [0.1, 0.15) is 18.3 Å². The highest BCUT2D eigenvalue weighted by Gasteiger charge is 2.31. The highest BCUT2D eigenvalue weighted by atomic mass is 16.6. The minimum Gasteiger partial charge on any atom is -0.488 e. The Morgan fingerprint density at radius 2 is 2.60 bits per heavy atom. The number of carbonyl (C=O) groups is 1. The molecule has 2 rings (SSSR count). The largest absolute Gasteiger partial charge is 0.488 e. The summed E-state index contributed by atoms with van der Waals surface area (Å²) in [6.07, 6.45) is 3.72. The number of esters is 1. The van der Waals surface area contributed by atoms with Crippen molar-refractivity contribution >= 4 is 5.97 Å². The molecule has 0 radical (unpaired) electrons. The van der Waals surface area contributed by atoms with E-state index in [0.29, 0.717) is 12.2 Å². The van der Waals surface area contributed by atoms with Crippen molar-refractivity contribution in [2.75, 3.05) is 13.2 Å². The Hall–Kier alpha value is -1.80. The molecule has 1 saturated heterocycles. The van der Waals surface area contributed by atoms with Crippen LogP contribution < -0.4 is 0 Å². The SMILES string of the molecule is N#CC=CC1OC=C1C(=O)OCC1CO1. The molecule has 15 heavy (non-hydrogen) atoms. The van der Waals surface area contributed by atoms with Gasteiger partial charge in [0, 0.05) is 6.08 Å². The number of hydrogen-bond donors (Lipinski definition) is 0. The van der Waals surface area contributed by atoms with Crippen LogP contribution in [-0.2, 0) is 19.0 Å². The van der Waals surface area contributed by atoms with Gasteiger partial charge in [0.15, 0.2) is 6.10 Å². The zero-order chi connectivity index (χ0) is 10.7. The smallest absolute Gasteiger partial charge is 0.341 e. The van der Waals surface area contributed by atoms with E-state index < -0.39 is 12.1 Å². The molecule has 0 bridgehead atoms. The second-order valence-electron chi connectivity index (χ2n) is 3.17. The van der Waals surface area contributed by atoms with E-state index in [0.717, 1.165) is 0 Å². The summed E-state index contributed by atoms with van der Waals surface area (Å²) in [5, 5.41) is 8.30. The zero-order valence-electron chi connectivity index (χ0n) is 7.88. The molecule has 0 spiro atoms. The van der Waals surface area contributed by atoms with Gasteiger partial charge in [-0.25, -0.2) is 4.79 Å². The van der Waals surface area contributed by atoms with Crippen LogP contribution in [0.15, 0.2) is 24.0 Å². The Morgan fingerprint density at radius 1 is 1.80 bits per heavy atom. The van der Waals surface area contributed by atoms with E-state index in [2.05, 4.69) is 0 Å². The molecule has 2 atom stereocenters. The lowest BCUT2D eigenvalue weighted by molar-refractivity contribution is -0.141. The molecular formula is C10H9NO4. The van der Waals surface area contributed by atoms with Crippen molar-refractivity contribution in [1.82, 2.24) is 0 Å². The molecule has 0 amide bonds. The number of nitriles is 1. The number of ether oxygens (including phenoxy) is 3. The highest BCUT2D eigenvalue weighted by molar-refractivity contribution is 5.91. The first-order valence-electron chi connectivity index (χ1n) is 4.52. The summed E-state index contributed by atoms with van der Waals surface area (Å²) in [6, 6.07) is 1.83. The van der Waals surface area contributed by atoms with Gasteiger partial charge in [-0.3, -0.25) is 0 Å². The van der Waals surface area contributed by atoms with Crippen LogP contribution in [-0.4, -0.2) is 31.4 Å². The van der Waals surface area contributed by atoms with Gasteiger partial charge < -0.3 is 14.2 Å². The molecule has 1 fully saturated rings. The molecule has 2 aliphatic heterocycles. The van der Waals surface area contributed by atoms with Crippen molar-refractivity contribution in [3.63, 3.8) is 0 Å². The van der Waals surface area contributed by atoms with Crippen molar-refractivity contribution < 1.29 is 19.0 Å². The van der Waals surface area contributed by atoms with Crippen molar-refractivity contribution in [2.24, 2.45) is 0 Å². The molecule has 78 valence electrons. The second kappa shape index (κ2) is 4.15. The van der Waals surface area contributed by atoms with E-state index >= 15 is 0 Å². The fourth-order valence-corrected chi connectivity index (χ4v) is 1.07. The third-order valence-electron chi connectivity index (χ3n) is 2.03. The van der Waals surface area contributed by atoms with Crippen LogP contribution in [0.25, 0.3) is 0 Å². The first kappa shape index (κ1) is 9.74. The average Bonchev–Trinajstić information content (AvgIpc) is 2.97. The van der Waals surface area contributed by atoms with Crippen molar-refractivity contribution in [1.29, 1.82) is 5.26 Å². The van der Waals surface area contributed by atoms with Crippen molar-refractivity contribution in [3.05, 3.63) is 24.0 Å². The molecule has 0 aromatic heterocycles. The third kappa shape index (κ3) is 2.36. The van der Waals surface area contributed by atoms with Crippen LogP contribution >= 0.6 is 0 Å². The number of allylic oxidation sites excluding steroid dienone is 1. The van der Waals surface area contributed by atoms with Gasteiger partial charge in [-0.05, 0) is 6.08 Å². The maximum Gasteiger partial charge on any atom is 0.341 e. The monoisotopic (exact) mass is 207 g/mol. The van der Waals surface area contributed by atoms with Gasteiger partial charge in [-0.1, -0.05) is 0 Å². The number of rotatable bonds is 4. The Morgan fingerprint density at radius 3 is 3.13 bits per heavy atom. The Kier molecular flexibility index (Phi) is 2.70. The van der Waals surface area contributed by atoms with E-state index in [1.165, 1.54) is 18.4 Å². The van der Waals surface area contributed by atoms with E-state index in [4.69, 9.17) is 19.5 Å².